The second-order valence-corrected chi connectivity index (χ2v) is 13.0. The van der Waals surface area contributed by atoms with Crippen LogP contribution < -0.4 is 37.4 Å². The van der Waals surface area contributed by atoms with Gasteiger partial charge in [0.25, 0.3) is 0 Å². The largest absolute Gasteiger partial charge is 0.405 e. The molecule has 0 aromatic carbocycles. The van der Waals surface area contributed by atoms with Crippen LogP contribution >= 0.6 is 23.4 Å². The van der Waals surface area contributed by atoms with E-state index in [1.807, 2.05) is 0 Å². The number of thioether (sulfide) groups is 1. The third-order valence-electron chi connectivity index (χ3n) is 8.58. The SMILES string of the molecule is COC1NNC(Cl)CC1C1CC(C)NCC1C(=O)NC1NC2CN(C(=O)C3CNC(C(F)(F)F)CN3)CC2S1. The van der Waals surface area contributed by atoms with E-state index in [0.717, 1.165) is 6.42 Å². The highest BCUT2D eigenvalue weighted by molar-refractivity contribution is 8.00. The summed E-state index contributed by atoms with van der Waals surface area (Å²) in [5, 5.41) is 15.3. The van der Waals surface area contributed by atoms with Crippen LogP contribution in [0.5, 0.6) is 0 Å². The first-order chi connectivity index (χ1) is 18.5. The van der Waals surface area contributed by atoms with E-state index in [1.54, 1.807) is 23.8 Å². The number of ether oxygens (including phenoxy) is 1. The molecular formula is C23H38ClF3N8O3S. The van der Waals surface area contributed by atoms with Crippen molar-refractivity contribution in [2.75, 3.05) is 39.8 Å². The van der Waals surface area contributed by atoms with Crippen LogP contribution in [-0.4, -0.2) is 109 Å². The molecule has 11 nitrogen and oxygen atoms in total. The Morgan fingerprint density at radius 3 is 2.51 bits per heavy atom. The summed E-state index contributed by atoms with van der Waals surface area (Å²) in [6.07, 6.45) is -3.09. The number of likely N-dealkylation sites (tertiary alicyclic amines) is 1. The molecule has 11 unspecified atom stereocenters. The fourth-order valence-electron chi connectivity index (χ4n) is 6.49. The average Bonchev–Trinajstić information content (AvgIpc) is 3.46. The topological polar surface area (TPSA) is 131 Å². The maximum Gasteiger partial charge on any atom is 0.405 e. The number of alkyl halides is 4. The van der Waals surface area contributed by atoms with Crippen LogP contribution in [0.3, 0.4) is 0 Å². The molecule has 11 atom stereocenters. The standard InChI is InChI=1S/C23H38ClF3N8O3S/c1-10-3-11(12-4-18(24)33-34-20(12)38-2)13(5-28-10)19(36)32-22-31-15-8-35(9-16(15)39-22)21(37)14-6-30-17(7-29-14)23(25,26)27/h10-18,20,22,28-31,33-34H,3-9H2,1-2H3,(H,32,36). The van der Waals surface area contributed by atoms with Crippen molar-refractivity contribution in [3.05, 3.63) is 0 Å². The Morgan fingerprint density at radius 1 is 1.05 bits per heavy atom. The number of hydrogen-bond acceptors (Lipinski definition) is 10. The zero-order valence-electron chi connectivity index (χ0n) is 21.9. The number of carbonyl (C=O) groups is 2. The summed E-state index contributed by atoms with van der Waals surface area (Å²) in [7, 11) is 1.65. The van der Waals surface area contributed by atoms with Crippen molar-refractivity contribution in [3.8, 4) is 0 Å². The monoisotopic (exact) mass is 598 g/mol. The van der Waals surface area contributed by atoms with E-state index < -0.39 is 18.3 Å². The zero-order valence-corrected chi connectivity index (χ0v) is 23.5. The lowest BCUT2D eigenvalue weighted by atomic mass is 9.72. The minimum Gasteiger partial charge on any atom is -0.365 e. The number of amides is 2. The molecule has 5 rings (SSSR count). The molecule has 0 spiro atoms. The fraction of sp³-hybridized carbons (Fsp3) is 0.913. The number of piperazine rings is 1. The van der Waals surface area contributed by atoms with E-state index in [-0.39, 0.29) is 77.2 Å². The molecule has 0 aromatic heterocycles. The first kappa shape index (κ1) is 29.6. The van der Waals surface area contributed by atoms with Crippen LogP contribution in [0.15, 0.2) is 0 Å². The average molecular weight is 599 g/mol. The van der Waals surface area contributed by atoms with Crippen LogP contribution in [0.2, 0.25) is 0 Å². The lowest BCUT2D eigenvalue weighted by molar-refractivity contribution is -0.160. The van der Waals surface area contributed by atoms with Gasteiger partial charge in [-0.1, -0.05) is 0 Å². The van der Waals surface area contributed by atoms with Crippen LogP contribution in [0.4, 0.5) is 13.2 Å². The molecular weight excluding hydrogens is 561 g/mol. The van der Waals surface area contributed by atoms with Gasteiger partial charge >= 0.3 is 6.18 Å². The second kappa shape index (κ2) is 12.1. The van der Waals surface area contributed by atoms with Crippen LogP contribution in [-0.2, 0) is 14.3 Å². The number of piperidine rings is 1. The Kier molecular flexibility index (Phi) is 9.20. The number of carbonyl (C=O) groups excluding carboxylic acids is 2. The molecule has 5 saturated heterocycles. The van der Waals surface area contributed by atoms with Gasteiger partial charge in [0.05, 0.1) is 17.5 Å². The summed E-state index contributed by atoms with van der Waals surface area (Å²) in [6, 6.07) is -2.07. The molecule has 0 bridgehead atoms. The predicted molar refractivity (Wildman–Crippen MR) is 140 cm³/mol. The van der Waals surface area contributed by atoms with Crippen LogP contribution in [0, 0.1) is 17.8 Å². The maximum atomic E-state index is 13.5. The van der Waals surface area contributed by atoms with Gasteiger partial charge < -0.3 is 30.9 Å². The number of halogens is 4. The van der Waals surface area contributed by atoms with Gasteiger partial charge in [-0.15, -0.1) is 23.4 Å². The summed E-state index contributed by atoms with van der Waals surface area (Å²) in [4.78, 5) is 28.1. The lowest BCUT2D eigenvalue weighted by Gasteiger charge is -2.45. The Labute approximate surface area is 235 Å². The summed E-state index contributed by atoms with van der Waals surface area (Å²) in [5.74, 6) is -0.342. The third kappa shape index (κ3) is 6.61. The molecule has 5 heterocycles. The molecule has 2 amide bonds. The molecule has 16 heteroatoms. The van der Waals surface area contributed by atoms with Crippen LogP contribution in [0.1, 0.15) is 19.8 Å². The van der Waals surface area contributed by atoms with Gasteiger partial charge in [-0.25, -0.2) is 10.9 Å². The quantitative estimate of drug-likeness (QED) is 0.157. The highest BCUT2D eigenvalue weighted by Crippen LogP contribution is 2.38. The molecule has 5 aliphatic rings. The summed E-state index contributed by atoms with van der Waals surface area (Å²) in [5.41, 5.74) is 5.60. The van der Waals surface area contributed by atoms with Gasteiger partial charge in [-0.05, 0) is 25.7 Å². The van der Waals surface area contributed by atoms with E-state index in [0.29, 0.717) is 26.1 Å². The van der Waals surface area contributed by atoms with Crippen molar-refractivity contribution in [2.24, 2.45) is 17.8 Å². The predicted octanol–water partition coefficient (Wildman–Crippen LogP) is -0.940. The van der Waals surface area contributed by atoms with Gasteiger partial charge in [0, 0.05) is 63.1 Å². The number of fused-ring (bicyclic) bond motifs is 1. The second-order valence-electron chi connectivity index (χ2n) is 11.2. The minimum absolute atomic E-state index is 0.00693. The molecule has 5 fully saturated rings. The minimum atomic E-state index is -4.35. The van der Waals surface area contributed by atoms with E-state index >= 15 is 0 Å². The highest BCUT2D eigenvalue weighted by atomic mass is 35.5. The Morgan fingerprint density at radius 2 is 1.85 bits per heavy atom. The maximum absolute atomic E-state index is 13.5. The molecule has 0 aromatic rings. The Balaban J connectivity index is 1.13. The van der Waals surface area contributed by atoms with Gasteiger partial charge in [-0.2, -0.15) is 13.2 Å². The van der Waals surface area contributed by atoms with Crippen molar-refractivity contribution in [1.82, 2.24) is 42.3 Å². The normalized spacial score (nSPS) is 43.2. The first-order valence-electron chi connectivity index (χ1n) is 13.5. The van der Waals surface area contributed by atoms with Crippen molar-refractivity contribution >= 4 is 35.2 Å². The number of nitrogens with zero attached hydrogens (tertiary/aromatic N) is 1. The van der Waals surface area contributed by atoms with E-state index in [1.165, 1.54) is 0 Å². The molecule has 0 radical (unpaired) electrons. The third-order valence-corrected chi connectivity index (χ3v) is 10.2. The first-order valence-corrected chi connectivity index (χ1v) is 14.9. The Bertz CT molecular complexity index is 887. The van der Waals surface area contributed by atoms with Gasteiger partial charge in [0.1, 0.15) is 17.8 Å². The van der Waals surface area contributed by atoms with Crippen molar-refractivity contribution < 1.29 is 27.5 Å². The van der Waals surface area contributed by atoms with E-state index in [4.69, 9.17) is 16.3 Å². The number of hydrazine groups is 1. The Hall–Kier alpha value is -0.910. The lowest BCUT2D eigenvalue weighted by Crippen LogP contribution is -2.63. The molecule has 0 aliphatic carbocycles. The van der Waals surface area contributed by atoms with Crippen molar-refractivity contribution in [2.45, 2.75) is 72.6 Å². The number of nitrogens with one attached hydrogen (secondary N) is 7. The van der Waals surface area contributed by atoms with Crippen LogP contribution in [0.25, 0.3) is 0 Å². The van der Waals surface area contributed by atoms with Crippen molar-refractivity contribution in [3.63, 3.8) is 0 Å². The highest BCUT2D eigenvalue weighted by Gasteiger charge is 2.48. The molecule has 222 valence electrons. The van der Waals surface area contributed by atoms with E-state index in [2.05, 4.69) is 44.4 Å². The number of methoxy groups -OCH3 is 1. The van der Waals surface area contributed by atoms with Gasteiger partial charge in [0.15, 0.2) is 0 Å². The molecule has 0 saturated carbocycles. The summed E-state index contributed by atoms with van der Waals surface area (Å²) in [6.45, 7) is 3.21. The summed E-state index contributed by atoms with van der Waals surface area (Å²) >= 11 is 7.95. The van der Waals surface area contributed by atoms with Gasteiger partial charge in [0.2, 0.25) is 11.8 Å². The number of rotatable bonds is 5. The molecule has 39 heavy (non-hydrogen) atoms. The molecule has 7 N–H and O–H groups in total. The zero-order chi connectivity index (χ0) is 27.9. The molecule has 5 aliphatic heterocycles. The fourth-order valence-corrected chi connectivity index (χ4v) is 8.17. The summed E-state index contributed by atoms with van der Waals surface area (Å²) < 4.78 is 44.3. The number of hydrogen-bond donors (Lipinski definition) is 7. The smallest absolute Gasteiger partial charge is 0.365 e. The van der Waals surface area contributed by atoms with E-state index in [9.17, 15) is 22.8 Å². The van der Waals surface area contributed by atoms with Gasteiger partial charge in [-0.3, -0.25) is 14.9 Å². The van der Waals surface area contributed by atoms with Crippen molar-refractivity contribution in [1.29, 1.82) is 0 Å².